The number of carbonyl (C=O) groups is 2. The molecule has 5 aliphatic rings. The van der Waals surface area contributed by atoms with Gasteiger partial charge in [-0.05, 0) is 104 Å². The average molecular weight is 444 g/mol. The third-order valence-electron chi connectivity index (χ3n) is 10.5. The van der Waals surface area contributed by atoms with E-state index in [1.807, 2.05) is 6.08 Å². The number of ketones is 2. The maximum Gasteiger partial charge on any atom is 0.156 e. The third-order valence-corrected chi connectivity index (χ3v) is 10.5. The summed E-state index contributed by atoms with van der Waals surface area (Å²) >= 11 is 0. The van der Waals surface area contributed by atoms with Crippen LogP contribution in [0.4, 0.5) is 5.69 Å². The van der Waals surface area contributed by atoms with Gasteiger partial charge >= 0.3 is 0 Å². The van der Waals surface area contributed by atoms with Crippen LogP contribution in [0.2, 0.25) is 0 Å². The zero-order valence-electron chi connectivity index (χ0n) is 20.5. The Labute approximate surface area is 198 Å². The van der Waals surface area contributed by atoms with Crippen molar-refractivity contribution in [2.45, 2.75) is 77.0 Å². The van der Waals surface area contributed by atoms with Crippen LogP contribution in [0.3, 0.4) is 0 Å². The highest BCUT2D eigenvalue weighted by atomic mass is 16.1. The summed E-state index contributed by atoms with van der Waals surface area (Å²) in [5, 5.41) is 0. The van der Waals surface area contributed by atoms with Crippen molar-refractivity contribution in [3.05, 3.63) is 52.6 Å². The standard InChI is InChI=1S/C30H37NO2/c1-29-18-25(19-6-9-21(10-7-19)31(2)3)28-23-13-11-22(32)17-20(23)8-12-24(28)26(29)14-16-30(29)15-4-5-27(30)33/h6-7,9-10,17,24-26H,4-5,8,11-16,18H2,1-3H3/t24-,25+,26-,29-,30+/m0/s1. The molecule has 1 aromatic carbocycles. The Kier molecular flexibility index (Phi) is 4.81. The monoisotopic (exact) mass is 443 g/mol. The molecule has 0 aliphatic heterocycles. The summed E-state index contributed by atoms with van der Waals surface area (Å²) in [6.07, 6.45) is 12.1. The molecule has 0 amide bonds. The molecule has 3 fully saturated rings. The lowest BCUT2D eigenvalue weighted by Crippen LogP contribution is -2.49. The Morgan fingerprint density at radius 3 is 2.42 bits per heavy atom. The first-order valence-electron chi connectivity index (χ1n) is 13.1. The summed E-state index contributed by atoms with van der Waals surface area (Å²) in [7, 11) is 4.18. The number of hydrogen-bond donors (Lipinski definition) is 0. The fourth-order valence-electron chi connectivity index (χ4n) is 8.88. The van der Waals surface area contributed by atoms with Crippen LogP contribution in [-0.2, 0) is 9.59 Å². The maximum atomic E-state index is 13.4. The molecule has 1 spiro atoms. The van der Waals surface area contributed by atoms with Crippen LogP contribution in [0.5, 0.6) is 0 Å². The number of nitrogens with zero attached hydrogens (tertiary/aromatic N) is 1. The van der Waals surface area contributed by atoms with Crippen molar-refractivity contribution in [2.24, 2.45) is 22.7 Å². The van der Waals surface area contributed by atoms with Crippen molar-refractivity contribution in [3.8, 4) is 0 Å². The van der Waals surface area contributed by atoms with Crippen LogP contribution in [0.15, 0.2) is 47.1 Å². The number of carbonyl (C=O) groups excluding carboxylic acids is 2. The first kappa shape index (κ1) is 21.4. The van der Waals surface area contributed by atoms with E-state index in [0.29, 0.717) is 35.7 Å². The van der Waals surface area contributed by atoms with Gasteiger partial charge in [0.05, 0.1) is 0 Å². The minimum Gasteiger partial charge on any atom is -0.378 e. The second kappa shape index (κ2) is 7.42. The largest absolute Gasteiger partial charge is 0.378 e. The first-order valence-corrected chi connectivity index (χ1v) is 13.1. The lowest BCUT2D eigenvalue weighted by Gasteiger charge is -2.55. The van der Waals surface area contributed by atoms with Gasteiger partial charge in [-0.1, -0.05) is 24.6 Å². The van der Waals surface area contributed by atoms with Gasteiger partial charge < -0.3 is 4.90 Å². The van der Waals surface area contributed by atoms with E-state index in [-0.39, 0.29) is 10.8 Å². The van der Waals surface area contributed by atoms with Crippen molar-refractivity contribution >= 4 is 17.3 Å². The van der Waals surface area contributed by atoms with Crippen molar-refractivity contribution in [1.82, 2.24) is 0 Å². The quantitative estimate of drug-likeness (QED) is 0.531. The van der Waals surface area contributed by atoms with E-state index in [9.17, 15) is 9.59 Å². The van der Waals surface area contributed by atoms with Gasteiger partial charge in [0.2, 0.25) is 0 Å². The fourth-order valence-corrected chi connectivity index (χ4v) is 8.88. The van der Waals surface area contributed by atoms with Gasteiger partial charge in [0, 0.05) is 44.0 Å². The van der Waals surface area contributed by atoms with Gasteiger partial charge in [-0.2, -0.15) is 0 Å². The number of benzene rings is 1. The smallest absolute Gasteiger partial charge is 0.156 e. The number of fused-ring (bicyclic) bond motifs is 5. The minimum absolute atomic E-state index is 0.0890. The van der Waals surface area contributed by atoms with Crippen LogP contribution in [0.25, 0.3) is 0 Å². The maximum absolute atomic E-state index is 13.4. The molecule has 0 aromatic heterocycles. The number of hydrogen-bond acceptors (Lipinski definition) is 3. The average Bonchev–Trinajstić information content (AvgIpc) is 3.33. The summed E-state index contributed by atoms with van der Waals surface area (Å²) in [5.41, 5.74) is 7.10. The normalized spacial score (nSPS) is 37.7. The van der Waals surface area contributed by atoms with Gasteiger partial charge in [-0.15, -0.1) is 0 Å². The molecule has 6 rings (SSSR count). The molecule has 5 atom stereocenters. The molecule has 5 aliphatic carbocycles. The second-order valence-electron chi connectivity index (χ2n) is 11.9. The van der Waals surface area contributed by atoms with Crippen LogP contribution in [-0.4, -0.2) is 25.7 Å². The number of Topliss-reactive ketones (excluding diaryl/α,β-unsaturated/α-hetero) is 1. The van der Waals surface area contributed by atoms with Gasteiger partial charge in [-0.3, -0.25) is 9.59 Å². The molecule has 0 unspecified atom stereocenters. The zero-order valence-corrected chi connectivity index (χ0v) is 20.5. The Morgan fingerprint density at radius 2 is 1.73 bits per heavy atom. The van der Waals surface area contributed by atoms with Gasteiger partial charge in [0.15, 0.2) is 5.78 Å². The third kappa shape index (κ3) is 2.93. The highest BCUT2D eigenvalue weighted by Gasteiger charge is 2.66. The Hall–Kier alpha value is -2.16. The molecule has 0 N–H and O–H groups in total. The van der Waals surface area contributed by atoms with Crippen molar-refractivity contribution in [2.75, 3.05) is 19.0 Å². The van der Waals surface area contributed by atoms with Crippen molar-refractivity contribution in [1.29, 1.82) is 0 Å². The van der Waals surface area contributed by atoms with E-state index in [2.05, 4.69) is 50.2 Å². The summed E-state index contributed by atoms with van der Waals surface area (Å²) < 4.78 is 0. The first-order chi connectivity index (χ1) is 15.8. The molecular formula is C30H37NO2. The minimum atomic E-state index is -0.0890. The summed E-state index contributed by atoms with van der Waals surface area (Å²) in [5.74, 6) is 2.40. The molecule has 1 aromatic rings. The highest BCUT2D eigenvalue weighted by molar-refractivity contribution is 5.93. The van der Waals surface area contributed by atoms with Crippen molar-refractivity contribution < 1.29 is 9.59 Å². The number of allylic oxidation sites excluding steroid dienone is 4. The van der Waals surface area contributed by atoms with Gasteiger partial charge in [0.1, 0.15) is 5.78 Å². The molecule has 0 bridgehead atoms. The summed E-state index contributed by atoms with van der Waals surface area (Å²) in [6, 6.07) is 9.16. The predicted molar refractivity (Wildman–Crippen MR) is 132 cm³/mol. The second-order valence-corrected chi connectivity index (χ2v) is 11.9. The fraction of sp³-hybridized carbons (Fsp3) is 0.600. The lowest BCUT2D eigenvalue weighted by atomic mass is 9.48. The molecule has 33 heavy (non-hydrogen) atoms. The molecule has 0 heterocycles. The predicted octanol–water partition coefficient (Wildman–Crippen LogP) is 6.39. The van der Waals surface area contributed by atoms with Crippen LogP contribution < -0.4 is 4.90 Å². The van der Waals surface area contributed by atoms with E-state index >= 15 is 0 Å². The molecule has 3 saturated carbocycles. The molecule has 0 radical (unpaired) electrons. The van der Waals surface area contributed by atoms with E-state index in [0.717, 1.165) is 51.4 Å². The zero-order chi connectivity index (χ0) is 23.0. The molecule has 0 saturated heterocycles. The molecule has 3 nitrogen and oxygen atoms in total. The van der Waals surface area contributed by atoms with E-state index < -0.39 is 0 Å². The molecular weight excluding hydrogens is 406 g/mol. The highest BCUT2D eigenvalue weighted by Crippen LogP contribution is 2.72. The van der Waals surface area contributed by atoms with Gasteiger partial charge in [-0.25, -0.2) is 0 Å². The van der Waals surface area contributed by atoms with E-state index in [1.165, 1.54) is 28.8 Å². The lowest BCUT2D eigenvalue weighted by molar-refractivity contribution is -0.134. The number of rotatable bonds is 2. The SMILES string of the molecule is CN(C)c1ccc([C@H]2C[C@@]3(C)[C@@H](CC[C@@]34CCCC4=O)[C@@H]3CCC4=CC(=O)CCC4=C32)cc1. The van der Waals surface area contributed by atoms with Crippen LogP contribution in [0.1, 0.15) is 82.6 Å². The van der Waals surface area contributed by atoms with E-state index in [4.69, 9.17) is 0 Å². The van der Waals surface area contributed by atoms with Crippen molar-refractivity contribution in [3.63, 3.8) is 0 Å². The Bertz CT molecular complexity index is 1080. The van der Waals surface area contributed by atoms with Crippen LogP contribution in [0, 0.1) is 22.7 Å². The molecule has 3 heteroatoms. The number of anilines is 1. The Morgan fingerprint density at radius 1 is 0.939 bits per heavy atom. The summed E-state index contributed by atoms with van der Waals surface area (Å²) in [4.78, 5) is 27.8. The van der Waals surface area contributed by atoms with Crippen LogP contribution >= 0.6 is 0 Å². The summed E-state index contributed by atoms with van der Waals surface area (Å²) in [6.45, 7) is 2.49. The topological polar surface area (TPSA) is 37.4 Å². The molecule has 174 valence electrons. The Balaban J connectivity index is 1.51. The van der Waals surface area contributed by atoms with E-state index in [1.54, 1.807) is 5.57 Å². The van der Waals surface area contributed by atoms with Gasteiger partial charge in [0.25, 0.3) is 0 Å².